The molecule has 0 saturated carbocycles. The number of pyridine rings is 1. The van der Waals surface area contributed by atoms with Crippen LogP contribution in [-0.4, -0.2) is 78.7 Å². The minimum atomic E-state index is -3.13. The summed E-state index contributed by atoms with van der Waals surface area (Å²) in [7, 11) is 3.42. The molecule has 1 saturated heterocycles. The van der Waals surface area contributed by atoms with E-state index in [0.29, 0.717) is 55.9 Å². The summed E-state index contributed by atoms with van der Waals surface area (Å²) in [4.78, 5) is 41.3. The van der Waals surface area contributed by atoms with E-state index in [4.69, 9.17) is 4.74 Å². The van der Waals surface area contributed by atoms with Crippen molar-refractivity contribution in [2.75, 3.05) is 62.0 Å². The third-order valence-corrected chi connectivity index (χ3v) is 7.78. The lowest BCUT2D eigenvalue weighted by atomic mass is 9.97. The molecule has 2 aromatic heterocycles. The van der Waals surface area contributed by atoms with E-state index in [1.165, 1.54) is 19.5 Å². The van der Waals surface area contributed by atoms with Gasteiger partial charge in [-0.25, -0.2) is 27.5 Å². The number of hydrogen-bond donors (Lipinski definition) is 2. The van der Waals surface area contributed by atoms with Gasteiger partial charge in [-0.15, -0.1) is 0 Å². The van der Waals surface area contributed by atoms with Crippen LogP contribution in [-0.2, 0) is 0 Å². The fourth-order valence-electron chi connectivity index (χ4n) is 5.26. The molecular weight excluding hydrogens is 570 g/mol. The fourth-order valence-corrected chi connectivity index (χ4v) is 5.26. The average molecular weight is 602 g/mol. The molecule has 2 aliphatic rings. The molecule has 4 heterocycles. The number of hydrogen-bond acceptors (Lipinski definition) is 8. The first-order chi connectivity index (χ1) is 20.6. The van der Waals surface area contributed by atoms with E-state index in [-0.39, 0.29) is 29.5 Å². The van der Waals surface area contributed by atoms with Crippen molar-refractivity contribution in [1.82, 2.24) is 19.9 Å². The third-order valence-electron chi connectivity index (χ3n) is 7.78. The number of nitrogens with one attached hydrogen (secondary N) is 2. The Morgan fingerprint density at radius 2 is 1.88 bits per heavy atom. The van der Waals surface area contributed by atoms with Gasteiger partial charge in [0.1, 0.15) is 11.5 Å². The van der Waals surface area contributed by atoms with E-state index < -0.39 is 40.7 Å². The van der Waals surface area contributed by atoms with Crippen molar-refractivity contribution < 1.29 is 27.1 Å². The number of halogens is 4. The molecule has 0 aliphatic carbocycles. The summed E-state index contributed by atoms with van der Waals surface area (Å²) < 4.78 is 64.9. The predicted molar refractivity (Wildman–Crippen MR) is 154 cm³/mol. The van der Waals surface area contributed by atoms with Crippen molar-refractivity contribution in [3.05, 3.63) is 75.5 Å². The number of anilines is 3. The Kier molecular flexibility index (Phi) is 8.67. The van der Waals surface area contributed by atoms with Gasteiger partial charge in [-0.2, -0.15) is 0 Å². The van der Waals surface area contributed by atoms with E-state index >= 15 is 8.78 Å². The minimum absolute atomic E-state index is 0.0341. The molecule has 10 nitrogen and oxygen atoms in total. The Balaban J connectivity index is 1.55. The first kappa shape index (κ1) is 30.0. The summed E-state index contributed by atoms with van der Waals surface area (Å²) >= 11 is 0. The van der Waals surface area contributed by atoms with Crippen LogP contribution in [0.2, 0.25) is 0 Å². The quantitative estimate of drug-likeness (QED) is 0.391. The summed E-state index contributed by atoms with van der Waals surface area (Å²) in [6.45, 7) is 3.95. The molecule has 1 amide bonds. The number of amides is 1. The fraction of sp³-hybridized carbons (Fsp3) is 0.379. The largest absolute Gasteiger partial charge is 0.494 e. The van der Waals surface area contributed by atoms with Gasteiger partial charge in [0.25, 0.3) is 12.3 Å². The van der Waals surface area contributed by atoms with Crippen LogP contribution in [0.25, 0.3) is 5.57 Å². The Bertz CT molecular complexity index is 1600. The second kappa shape index (κ2) is 12.4. The van der Waals surface area contributed by atoms with Gasteiger partial charge >= 0.3 is 0 Å². The minimum Gasteiger partial charge on any atom is -0.494 e. The number of methoxy groups -OCH3 is 1. The molecule has 43 heavy (non-hydrogen) atoms. The van der Waals surface area contributed by atoms with Crippen molar-refractivity contribution in [2.24, 2.45) is 0 Å². The highest BCUT2D eigenvalue weighted by molar-refractivity contribution is 6.07. The summed E-state index contributed by atoms with van der Waals surface area (Å²) in [5, 5.41) is 2.42. The Hall–Kier alpha value is -4.46. The number of benzene rings is 1. The highest BCUT2D eigenvalue weighted by Gasteiger charge is 2.31. The van der Waals surface area contributed by atoms with Gasteiger partial charge in [-0.05, 0) is 26.0 Å². The standard InChI is InChI=1S/C29H31F4N7O3/c1-16-14-39(8-7-38(16)2)22-10-21(30)24(17-5-4-6-40(15-17)29-35-11-18(43-3)12-36-29)25(31)26(22)37-28(42)20-13-34-23(41)9-19(20)27(32)33/h5,9-13,16,27H,4,6-8,14-15H2,1-3H3,(H,34,41)(H,37,42). The molecule has 2 N–H and O–H groups in total. The summed E-state index contributed by atoms with van der Waals surface area (Å²) in [5.74, 6) is -2.14. The molecule has 0 radical (unpaired) electrons. The molecule has 2 aliphatic heterocycles. The highest BCUT2D eigenvalue weighted by Crippen LogP contribution is 2.39. The van der Waals surface area contributed by atoms with Crippen molar-refractivity contribution in [2.45, 2.75) is 25.8 Å². The maximum atomic E-state index is 16.5. The van der Waals surface area contributed by atoms with E-state index in [1.54, 1.807) is 15.9 Å². The smallest absolute Gasteiger partial charge is 0.264 e. The number of ether oxygens (including phenoxy) is 1. The predicted octanol–water partition coefficient (Wildman–Crippen LogP) is 4.08. The monoisotopic (exact) mass is 601 g/mol. The number of alkyl halides is 2. The molecule has 14 heteroatoms. The van der Waals surface area contributed by atoms with Crippen LogP contribution >= 0.6 is 0 Å². The zero-order valence-electron chi connectivity index (χ0n) is 23.8. The number of rotatable bonds is 7. The summed E-state index contributed by atoms with van der Waals surface area (Å²) in [6.07, 6.45) is 2.86. The number of piperazine rings is 1. The van der Waals surface area contributed by atoms with Crippen LogP contribution in [0, 0.1) is 11.6 Å². The Labute approximate surface area is 245 Å². The second-order valence-electron chi connectivity index (χ2n) is 10.5. The lowest BCUT2D eigenvalue weighted by molar-refractivity contribution is 0.101. The lowest BCUT2D eigenvalue weighted by Gasteiger charge is -2.40. The molecule has 1 atom stereocenters. The first-order valence-electron chi connectivity index (χ1n) is 13.7. The van der Waals surface area contributed by atoms with E-state index in [9.17, 15) is 18.4 Å². The molecule has 1 fully saturated rings. The van der Waals surface area contributed by atoms with Crippen LogP contribution in [0.1, 0.15) is 41.3 Å². The molecule has 0 bridgehead atoms. The number of likely N-dealkylation sites (N-methyl/N-ethyl adjacent to an activating group) is 1. The third kappa shape index (κ3) is 6.19. The molecule has 228 valence electrons. The van der Waals surface area contributed by atoms with Crippen LogP contribution < -0.4 is 25.4 Å². The van der Waals surface area contributed by atoms with Gasteiger partial charge in [-0.3, -0.25) is 9.59 Å². The zero-order valence-corrected chi connectivity index (χ0v) is 23.8. The zero-order chi connectivity index (χ0) is 30.8. The number of H-pyrrole nitrogens is 1. The van der Waals surface area contributed by atoms with Crippen molar-refractivity contribution >= 4 is 28.8 Å². The van der Waals surface area contributed by atoms with Crippen molar-refractivity contribution in [1.29, 1.82) is 0 Å². The van der Waals surface area contributed by atoms with E-state index in [2.05, 4.69) is 25.2 Å². The van der Waals surface area contributed by atoms with Gasteiger partial charge in [0.15, 0.2) is 11.6 Å². The number of nitrogens with zero attached hydrogens (tertiary/aromatic N) is 5. The number of carbonyl (C=O) groups is 1. The Morgan fingerprint density at radius 3 is 2.56 bits per heavy atom. The normalized spacial score (nSPS) is 17.7. The maximum absolute atomic E-state index is 16.5. The van der Waals surface area contributed by atoms with Gasteiger partial charge in [0.2, 0.25) is 11.5 Å². The average Bonchev–Trinajstić information content (AvgIpc) is 3.00. The number of aromatic nitrogens is 3. The molecule has 1 unspecified atom stereocenters. The SMILES string of the molecule is COc1cnc(N2CCC=C(c3c(F)cc(N4CCN(C)C(C)C4)c(NC(=O)c4c[nH]c(=O)cc4C(F)F)c3F)C2)nc1. The Morgan fingerprint density at radius 1 is 1.14 bits per heavy atom. The topological polar surface area (TPSA) is 107 Å². The van der Waals surface area contributed by atoms with Crippen LogP contribution in [0.5, 0.6) is 5.75 Å². The first-order valence-corrected chi connectivity index (χ1v) is 13.7. The lowest BCUT2D eigenvalue weighted by Crippen LogP contribution is -2.50. The van der Waals surface area contributed by atoms with Crippen molar-refractivity contribution in [3.63, 3.8) is 0 Å². The van der Waals surface area contributed by atoms with E-state index in [0.717, 1.165) is 12.3 Å². The molecule has 0 spiro atoms. The molecule has 3 aromatic rings. The second-order valence-corrected chi connectivity index (χ2v) is 10.5. The van der Waals surface area contributed by atoms with Gasteiger partial charge in [0.05, 0.1) is 36.3 Å². The molecule has 5 rings (SSSR count). The highest BCUT2D eigenvalue weighted by atomic mass is 19.3. The van der Waals surface area contributed by atoms with Gasteiger partial charge in [-0.1, -0.05) is 6.08 Å². The summed E-state index contributed by atoms with van der Waals surface area (Å²) in [6, 6.07) is 1.82. The van der Waals surface area contributed by atoms with Crippen LogP contribution in [0.3, 0.4) is 0 Å². The van der Waals surface area contributed by atoms with Gasteiger partial charge < -0.3 is 29.7 Å². The van der Waals surface area contributed by atoms with Crippen LogP contribution in [0.4, 0.5) is 34.9 Å². The molecular formula is C29H31F4N7O3. The van der Waals surface area contributed by atoms with Crippen LogP contribution in [0.15, 0.2) is 41.6 Å². The van der Waals surface area contributed by atoms with Crippen molar-refractivity contribution in [3.8, 4) is 5.75 Å². The van der Waals surface area contributed by atoms with E-state index in [1.807, 2.05) is 14.0 Å². The maximum Gasteiger partial charge on any atom is 0.264 e. The number of carbonyl (C=O) groups excluding carboxylic acids is 1. The number of aromatic amines is 1. The summed E-state index contributed by atoms with van der Waals surface area (Å²) in [5.41, 5.74) is -2.45. The van der Waals surface area contributed by atoms with Gasteiger partial charge in [0, 0.05) is 62.7 Å². The molecule has 1 aromatic carbocycles.